The molecule has 0 unspecified atom stereocenters. The first-order valence-corrected chi connectivity index (χ1v) is 11.7. The van der Waals surface area contributed by atoms with E-state index in [1.54, 1.807) is 24.3 Å². The summed E-state index contributed by atoms with van der Waals surface area (Å²) in [5.41, 5.74) is 2.07. The Morgan fingerprint density at radius 1 is 1.23 bits per heavy atom. The summed E-state index contributed by atoms with van der Waals surface area (Å²) in [7, 11) is 0. The zero-order chi connectivity index (χ0) is 20.9. The smallest absolute Gasteiger partial charge is 0.255 e. The van der Waals surface area contributed by atoms with E-state index < -0.39 is 0 Å². The van der Waals surface area contributed by atoms with Gasteiger partial charge in [-0.25, -0.2) is 4.98 Å². The van der Waals surface area contributed by atoms with Crippen LogP contribution < -0.4 is 10.6 Å². The van der Waals surface area contributed by atoms with Gasteiger partial charge in [-0.3, -0.25) is 9.59 Å². The third kappa shape index (κ3) is 5.51. The number of carbonyl (C=O) groups is 2. The summed E-state index contributed by atoms with van der Waals surface area (Å²) in [6, 6.07) is 12.3. The molecule has 1 fully saturated rings. The molecule has 0 bridgehead atoms. The lowest BCUT2D eigenvalue weighted by Gasteiger charge is -2.09. The van der Waals surface area contributed by atoms with Gasteiger partial charge in [0.05, 0.1) is 22.1 Å². The van der Waals surface area contributed by atoms with Crippen LogP contribution in [0.5, 0.6) is 0 Å². The molecule has 2 amide bonds. The number of aromatic nitrogens is 1. The van der Waals surface area contributed by atoms with E-state index in [1.165, 1.54) is 23.1 Å². The predicted molar refractivity (Wildman–Crippen MR) is 122 cm³/mol. The van der Waals surface area contributed by atoms with Crippen LogP contribution in [0, 0.1) is 0 Å². The highest BCUT2D eigenvalue weighted by molar-refractivity contribution is 8.01. The molecular weight excluding hydrogens is 442 g/mol. The van der Waals surface area contributed by atoms with Crippen molar-refractivity contribution in [2.24, 2.45) is 0 Å². The van der Waals surface area contributed by atoms with Crippen LogP contribution >= 0.6 is 34.7 Å². The number of hydrogen-bond donors (Lipinski definition) is 2. The van der Waals surface area contributed by atoms with Gasteiger partial charge >= 0.3 is 0 Å². The minimum Gasteiger partial charge on any atom is -0.376 e. The van der Waals surface area contributed by atoms with Crippen molar-refractivity contribution in [3.63, 3.8) is 0 Å². The van der Waals surface area contributed by atoms with Gasteiger partial charge in [0, 0.05) is 29.4 Å². The fourth-order valence-electron chi connectivity index (χ4n) is 3.06. The summed E-state index contributed by atoms with van der Waals surface area (Å²) in [4.78, 5) is 29.0. The second-order valence-corrected chi connectivity index (χ2v) is 9.54. The number of nitrogens with one attached hydrogen (secondary N) is 2. The van der Waals surface area contributed by atoms with E-state index in [4.69, 9.17) is 16.3 Å². The minimum absolute atomic E-state index is 0.0225. The summed E-state index contributed by atoms with van der Waals surface area (Å²) in [5, 5.41) is 6.39. The molecule has 0 radical (unpaired) electrons. The van der Waals surface area contributed by atoms with E-state index in [-0.39, 0.29) is 17.9 Å². The van der Waals surface area contributed by atoms with E-state index in [9.17, 15) is 9.59 Å². The molecule has 30 heavy (non-hydrogen) atoms. The van der Waals surface area contributed by atoms with Crippen LogP contribution in [0.4, 0.5) is 5.69 Å². The zero-order valence-electron chi connectivity index (χ0n) is 16.0. The number of hydrogen-bond acceptors (Lipinski definition) is 6. The lowest BCUT2D eigenvalue weighted by atomic mass is 10.2. The number of carbonyl (C=O) groups excluding carboxylic acids is 2. The van der Waals surface area contributed by atoms with Crippen molar-refractivity contribution in [3.8, 4) is 0 Å². The molecule has 1 aliphatic heterocycles. The van der Waals surface area contributed by atoms with Gasteiger partial charge < -0.3 is 15.4 Å². The molecule has 2 aromatic carbocycles. The van der Waals surface area contributed by atoms with Crippen molar-refractivity contribution in [2.75, 3.05) is 24.2 Å². The molecule has 6 nitrogen and oxygen atoms in total. The van der Waals surface area contributed by atoms with Gasteiger partial charge in [0.15, 0.2) is 4.34 Å². The number of thiazole rings is 1. The molecule has 1 aliphatic rings. The number of anilines is 1. The molecule has 1 saturated heterocycles. The lowest BCUT2D eigenvalue weighted by Crippen LogP contribution is -2.32. The Bertz CT molecular complexity index is 1050. The van der Waals surface area contributed by atoms with Crippen LogP contribution in [0.1, 0.15) is 23.2 Å². The van der Waals surface area contributed by atoms with Crippen molar-refractivity contribution in [2.45, 2.75) is 23.3 Å². The number of nitrogens with zero attached hydrogens (tertiary/aromatic N) is 1. The van der Waals surface area contributed by atoms with Gasteiger partial charge in [-0.15, -0.1) is 11.3 Å². The van der Waals surface area contributed by atoms with Crippen LogP contribution in [-0.4, -0.2) is 41.8 Å². The number of halogens is 1. The first-order valence-electron chi connectivity index (χ1n) is 9.55. The fraction of sp³-hybridized carbons (Fsp3) is 0.286. The maximum Gasteiger partial charge on any atom is 0.255 e. The molecule has 2 N–H and O–H groups in total. The summed E-state index contributed by atoms with van der Waals surface area (Å²) in [5.74, 6) is 0.0888. The lowest BCUT2D eigenvalue weighted by molar-refractivity contribution is -0.119. The van der Waals surface area contributed by atoms with Gasteiger partial charge in [0.1, 0.15) is 0 Å². The van der Waals surface area contributed by atoms with E-state index in [0.29, 0.717) is 28.6 Å². The number of benzene rings is 2. The van der Waals surface area contributed by atoms with E-state index in [1.807, 2.05) is 18.2 Å². The Hall–Kier alpha value is -2.13. The second kappa shape index (κ2) is 9.78. The van der Waals surface area contributed by atoms with E-state index in [2.05, 4.69) is 15.6 Å². The highest BCUT2D eigenvalue weighted by Crippen LogP contribution is 2.31. The quantitative estimate of drug-likeness (QED) is 0.503. The number of thioether (sulfide) groups is 1. The van der Waals surface area contributed by atoms with E-state index in [0.717, 1.165) is 34.0 Å². The average molecular weight is 462 g/mol. The number of fused-ring (bicyclic) bond motifs is 1. The highest BCUT2D eigenvalue weighted by Gasteiger charge is 2.16. The standard InChI is InChI=1S/C21H20ClN3O3S2/c22-14-5-3-13(4-6-14)20(27)24-15-7-8-17-18(10-15)30-21(25-17)29-12-19(26)23-11-16-2-1-9-28-16/h3-8,10,16H,1-2,9,11-12H2,(H,23,26)(H,24,27)/t16-/m1/s1. The molecule has 0 aliphatic carbocycles. The van der Waals surface area contributed by atoms with Crippen LogP contribution in [0.3, 0.4) is 0 Å². The third-order valence-corrected chi connectivity index (χ3v) is 7.02. The molecule has 2 heterocycles. The van der Waals surface area contributed by atoms with E-state index >= 15 is 0 Å². The minimum atomic E-state index is -0.201. The predicted octanol–water partition coefficient (Wildman–Crippen LogP) is 4.59. The van der Waals surface area contributed by atoms with Crippen molar-refractivity contribution in [1.82, 2.24) is 10.3 Å². The first kappa shape index (κ1) is 21.1. The van der Waals surface area contributed by atoms with Gasteiger partial charge in [0.2, 0.25) is 5.91 Å². The molecule has 3 aromatic rings. The summed E-state index contributed by atoms with van der Waals surface area (Å²) < 4.78 is 7.28. The SMILES string of the molecule is O=C(CSc1nc2ccc(NC(=O)c3ccc(Cl)cc3)cc2s1)NC[C@H]1CCCO1. The topological polar surface area (TPSA) is 80.3 Å². The highest BCUT2D eigenvalue weighted by atomic mass is 35.5. The Kier molecular flexibility index (Phi) is 6.89. The molecule has 9 heteroatoms. The van der Waals surface area contributed by atoms with Crippen molar-refractivity contribution in [1.29, 1.82) is 0 Å². The van der Waals surface area contributed by atoms with Crippen molar-refractivity contribution < 1.29 is 14.3 Å². The number of rotatable bonds is 7. The Morgan fingerprint density at radius 2 is 2.07 bits per heavy atom. The molecule has 1 atom stereocenters. The molecule has 156 valence electrons. The van der Waals surface area contributed by atoms with Crippen molar-refractivity contribution in [3.05, 3.63) is 53.1 Å². The number of amides is 2. The number of ether oxygens (including phenoxy) is 1. The van der Waals surface area contributed by atoms with Crippen molar-refractivity contribution >= 4 is 62.4 Å². The maximum atomic E-state index is 12.4. The molecule has 1 aromatic heterocycles. The molecular formula is C21H20ClN3O3S2. The third-order valence-electron chi connectivity index (χ3n) is 4.61. The molecule has 0 saturated carbocycles. The van der Waals surface area contributed by atoms with Crippen LogP contribution in [0.25, 0.3) is 10.2 Å². The Balaban J connectivity index is 1.33. The summed E-state index contributed by atoms with van der Waals surface area (Å²) in [6.07, 6.45) is 2.20. The van der Waals surface area contributed by atoms with Gasteiger partial charge in [0.25, 0.3) is 5.91 Å². The van der Waals surface area contributed by atoms with Gasteiger partial charge in [-0.1, -0.05) is 23.4 Å². The largest absolute Gasteiger partial charge is 0.376 e. The normalized spacial score (nSPS) is 16.0. The monoisotopic (exact) mass is 461 g/mol. The maximum absolute atomic E-state index is 12.4. The Morgan fingerprint density at radius 3 is 2.83 bits per heavy atom. The summed E-state index contributed by atoms with van der Waals surface area (Å²) >= 11 is 8.78. The van der Waals surface area contributed by atoms with Gasteiger partial charge in [-0.05, 0) is 55.3 Å². The van der Waals surface area contributed by atoms with Gasteiger partial charge in [-0.2, -0.15) is 0 Å². The zero-order valence-corrected chi connectivity index (χ0v) is 18.4. The second-order valence-electron chi connectivity index (χ2n) is 6.85. The average Bonchev–Trinajstić information content (AvgIpc) is 3.40. The molecule has 0 spiro atoms. The van der Waals surface area contributed by atoms with Crippen LogP contribution in [-0.2, 0) is 9.53 Å². The van der Waals surface area contributed by atoms with Crippen LogP contribution in [0.15, 0.2) is 46.8 Å². The summed E-state index contributed by atoms with van der Waals surface area (Å²) in [6.45, 7) is 1.35. The molecule has 4 rings (SSSR count). The fourth-order valence-corrected chi connectivity index (χ4v) is 5.12. The first-order chi connectivity index (χ1) is 14.6. The Labute approximate surface area is 187 Å². The van der Waals surface area contributed by atoms with Crippen LogP contribution in [0.2, 0.25) is 5.02 Å².